The van der Waals surface area contributed by atoms with Crippen molar-refractivity contribution in [3.05, 3.63) is 0 Å². The first kappa shape index (κ1) is 16.5. The summed E-state index contributed by atoms with van der Waals surface area (Å²) in [5.41, 5.74) is 0. The van der Waals surface area contributed by atoms with Crippen molar-refractivity contribution < 1.29 is 0 Å². The maximum atomic E-state index is 5.13. The third-order valence-corrected chi connectivity index (χ3v) is 2.93. The molecule has 0 aliphatic rings. The summed E-state index contributed by atoms with van der Waals surface area (Å²) < 4.78 is 0.969. The van der Waals surface area contributed by atoms with E-state index in [0.29, 0.717) is 0 Å². The van der Waals surface area contributed by atoms with E-state index in [9.17, 15) is 0 Å². The van der Waals surface area contributed by atoms with Crippen molar-refractivity contribution in [2.75, 3.05) is 12.3 Å². The Balaban J connectivity index is 0. The Morgan fingerprint density at radius 1 is 1.23 bits per heavy atom. The van der Waals surface area contributed by atoms with Crippen LogP contribution in [-0.2, 0) is 0 Å². The first-order valence-electron chi connectivity index (χ1n) is 4.71. The van der Waals surface area contributed by atoms with Crippen LogP contribution in [0.4, 0.5) is 0 Å². The molecule has 78 valence electrons. The van der Waals surface area contributed by atoms with Gasteiger partial charge < -0.3 is 5.32 Å². The monoisotopic (exact) mass is 323 g/mol. The number of nitrogens with one attached hydrogen (secondary N) is 1. The van der Waals surface area contributed by atoms with Gasteiger partial charge in [-0.15, -0.1) is 0 Å². The second-order valence-electron chi connectivity index (χ2n) is 2.77. The van der Waals surface area contributed by atoms with Gasteiger partial charge in [0.2, 0.25) is 0 Å². The molecule has 0 bridgehead atoms. The molecule has 0 fully saturated rings. The van der Waals surface area contributed by atoms with Crippen molar-refractivity contribution in [2.24, 2.45) is 0 Å². The third kappa shape index (κ3) is 13.1. The molecule has 0 saturated carbocycles. The molecule has 0 rings (SSSR count). The van der Waals surface area contributed by atoms with Gasteiger partial charge in [-0.1, -0.05) is 50.7 Å². The summed E-state index contributed by atoms with van der Waals surface area (Å²) in [6.45, 7) is 5.43. The second kappa shape index (κ2) is 13.1. The molecule has 0 aromatic carbocycles. The van der Waals surface area contributed by atoms with Gasteiger partial charge in [0, 0.05) is 12.3 Å². The molecule has 0 amide bonds. The molecule has 0 radical (unpaired) electrons. The minimum absolute atomic E-state index is 0. The number of rotatable bonds is 6. The molecule has 0 aliphatic heterocycles. The van der Waals surface area contributed by atoms with Crippen molar-refractivity contribution >= 4 is 54.1 Å². The standard InChI is InChI=1S/C9H19NS2.In.3H/c1-3-5-7-10-9(11)12-8-6-4-2;;;;/h3-8H2,1-2H3,(H,10,11);;;;. The summed E-state index contributed by atoms with van der Waals surface area (Å²) in [6.07, 6.45) is 4.97. The van der Waals surface area contributed by atoms with Crippen LogP contribution in [0, 0.1) is 0 Å². The summed E-state index contributed by atoms with van der Waals surface area (Å²) in [6, 6.07) is 0. The third-order valence-electron chi connectivity index (χ3n) is 1.53. The fourth-order valence-electron chi connectivity index (χ4n) is 0.727. The van der Waals surface area contributed by atoms with Crippen LogP contribution in [0.3, 0.4) is 0 Å². The van der Waals surface area contributed by atoms with E-state index in [1.807, 2.05) is 0 Å². The van der Waals surface area contributed by atoms with E-state index >= 15 is 0 Å². The van der Waals surface area contributed by atoms with Crippen LogP contribution in [0.1, 0.15) is 39.5 Å². The van der Waals surface area contributed by atoms with E-state index in [-0.39, 0.29) is 25.8 Å². The Morgan fingerprint density at radius 2 is 1.85 bits per heavy atom. The molecule has 1 N–H and O–H groups in total. The average molecular weight is 323 g/mol. The van der Waals surface area contributed by atoms with E-state index in [4.69, 9.17) is 12.2 Å². The van der Waals surface area contributed by atoms with E-state index in [2.05, 4.69) is 19.2 Å². The van der Waals surface area contributed by atoms with Crippen molar-refractivity contribution in [1.82, 2.24) is 5.32 Å². The molecule has 4 heteroatoms. The molecule has 0 spiro atoms. The summed E-state index contributed by atoms with van der Waals surface area (Å²) in [5, 5.41) is 3.24. The zero-order valence-corrected chi connectivity index (χ0v) is 9.69. The van der Waals surface area contributed by atoms with Gasteiger partial charge in [-0.2, -0.15) is 0 Å². The predicted molar refractivity (Wildman–Crippen MR) is 72.8 cm³/mol. The zero-order valence-electron chi connectivity index (χ0n) is 8.06. The number of thioether (sulfide) groups is 1. The Hall–Kier alpha value is 1.11. The molecule has 0 aromatic rings. The van der Waals surface area contributed by atoms with Crippen LogP contribution in [0.25, 0.3) is 0 Å². The van der Waals surface area contributed by atoms with Crippen LogP contribution in [-0.4, -0.2) is 42.5 Å². The average Bonchev–Trinajstić information content (AvgIpc) is 2.06. The van der Waals surface area contributed by atoms with Crippen LogP contribution in [0.2, 0.25) is 0 Å². The Labute approximate surface area is 111 Å². The number of unbranched alkanes of at least 4 members (excludes halogenated alkanes) is 2. The van der Waals surface area contributed by atoms with Crippen molar-refractivity contribution in [3.8, 4) is 0 Å². The normalized spacial score (nSPS) is 9.08. The molecule has 0 aromatic heterocycles. The fraction of sp³-hybridized carbons (Fsp3) is 0.889. The second-order valence-corrected chi connectivity index (χ2v) is 4.54. The van der Waals surface area contributed by atoms with Crippen LogP contribution < -0.4 is 5.32 Å². The van der Waals surface area contributed by atoms with E-state index < -0.39 is 0 Å². The van der Waals surface area contributed by atoms with Crippen molar-refractivity contribution in [3.63, 3.8) is 0 Å². The predicted octanol–water partition coefficient (Wildman–Crippen LogP) is 2.01. The summed E-state index contributed by atoms with van der Waals surface area (Å²) in [7, 11) is 0. The Bertz CT molecular complexity index is 108. The number of hydrogen-bond acceptors (Lipinski definition) is 2. The molecule has 0 aliphatic carbocycles. The molecule has 0 atom stereocenters. The first-order valence-corrected chi connectivity index (χ1v) is 6.11. The molecule has 0 saturated heterocycles. The number of thiocarbonyl (C=S) groups is 1. The summed E-state index contributed by atoms with van der Waals surface area (Å²) >= 11 is 6.90. The van der Waals surface area contributed by atoms with Crippen molar-refractivity contribution in [2.45, 2.75) is 39.5 Å². The summed E-state index contributed by atoms with van der Waals surface area (Å²) in [4.78, 5) is 0. The maximum absolute atomic E-state index is 5.13. The quantitative estimate of drug-likeness (QED) is 0.593. The van der Waals surface area contributed by atoms with E-state index in [0.717, 1.165) is 16.6 Å². The molecular formula is C9H22InNS2. The van der Waals surface area contributed by atoms with Gasteiger partial charge in [-0.05, 0) is 12.8 Å². The van der Waals surface area contributed by atoms with Crippen LogP contribution in [0.15, 0.2) is 0 Å². The van der Waals surface area contributed by atoms with Gasteiger partial charge >= 0.3 is 25.8 Å². The van der Waals surface area contributed by atoms with Crippen LogP contribution in [0.5, 0.6) is 0 Å². The van der Waals surface area contributed by atoms with E-state index in [1.165, 1.54) is 25.7 Å². The Morgan fingerprint density at radius 3 is 2.38 bits per heavy atom. The van der Waals surface area contributed by atoms with Gasteiger partial charge in [-0.3, -0.25) is 0 Å². The molecule has 0 unspecified atom stereocenters. The van der Waals surface area contributed by atoms with Gasteiger partial charge in [0.05, 0.1) is 0 Å². The number of hydrogen-bond donors (Lipinski definition) is 1. The van der Waals surface area contributed by atoms with Crippen LogP contribution >= 0.6 is 24.0 Å². The molecule has 1 nitrogen and oxygen atoms in total. The van der Waals surface area contributed by atoms with Gasteiger partial charge in [0.1, 0.15) is 4.32 Å². The van der Waals surface area contributed by atoms with Crippen molar-refractivity contribution in [1.29, 1.82) is 0 Å². The van der Waals surface area contributed by atoms with Gasteiger partial charge in [0.15, 0.2) is 0 Å². The topological polar surface area (TPSA) is 12.0 Å². The summed E-state index contributed by atoms with van der Waals surface area (Å²) in [5.74, 6) is 1.16. The zero-order chi connectivity index (χ0) is 9.23. The van der Waals surface area contributed by atoms with E-state index in [1.54, 1.807) is 11.8 Å². The fourth-order valence-corrected chi connectivity index (χ4v) is 1.90. The Kier molecular flexibility index (Phi) is 16.7. The first-order chi connectivity index (χ1) is 5.81. The van der Waals surface area contributed by atoms with Gasteiger partial charge in [0.25, 0.3) is 0 Å². The molecular weight excluding hydrogens is 301 g/mol. The molecule has 0 heterocycles. The SMILES string of the molecule is CCCCNC(=S)SCCCC.[InH3]. The minimum atomic E-state index is 0. The van der Waals surface area contributed by atoms with Gasteiger partial charge in [-0.25, -0.2) is 0 Å². The molecule has 13 heavy (non-hydrogen) atoms.